The van der Waals surface area contributed by atoms with Crippen molar-refractivity contribution in [2.75, 3.05) is 31.6 Å². The molecule has 2 atom stereocenters. The molecular formula is C18H19ClF2N4O3S. The summed E-state index contributed by atoms with van der Waals surface area (Å²) in [6, 6.07) is 3.30. The zero-order valence-electron chi connectivity index (χ0n) is 15.4. The number of halogens is 3. The van der Waals surface area contributed by atoms with E-state index in [1.807, 2.05) is 10.3 Å². The minimum Gasteiger partial charge on any atom is -0.468 e. The summed E-state index contributed by atoms with van der Waals surface area (Å²) >= 11 is 1.42. The second-order valence-corrected chi connectivity index (χ2v) is 7.30. The van der Waals surface area contributed by atoms with E-state index < -0.39 is 23.8 Å². The molecule has 2 aliphatic rings. The summed E-state index contributed by atoms with van der Waals surface area (Å²) in [5.74, 6) is -1.63. The zero-order chi connectivity index (χ0) is 19.7. The highest BCUT2D eigenvalue weighted by atomic mass is 35.5. The monoisotopic (exact) mass is 444 g/mol. The van der Waals surface area contributed by atoms with Crippen LogP contribution in [0.1, 0.15) is 23.8 Å². The van der Waals surface area contributed by atoms with Gasteiger partial charge >= 0.3 is 5.97 Å². The number of aromatic nitrogens is 1. The Morgan fingerprint density at radius 3 is 2.86 bits per heavy atom. The van der Waals surface area contributed by atoms with E-state index >= 15 is 0 Å². The van der Waals surface area contributed by atoms with Crippen molar-refractivity contribution in [1.82, 2.24) is 10.3 Å². The van der Waals surface area contributed by atoms with Crippen LogP contribution in [0.3, 0.4) is 0 Å². The lowest BCUT2D eigenvalue weighted by Gasteiger charge is -2.31. The number of ether oxygens (including phenoxy) is 1. The summed E-state index contributed by atoms with van der Waals surface area (Å²) < 4.78 is 32.7. The molecule has 0 spiro atoms. The molecule has 0 bridgehead atoms. The number of hydrogen-bond acceptors (Lipinski definition) is 8. The molecule has 4 rings (SSSR count). The van der Waals surface area contributed by atoms with Crippen LogP contribution in [0, 0.1) is 11.6 Å². The van der Waals surface area contributed by atoms with Gasteiger partial charge in [0.25, 0.3) is 0 Å². The topological polar surface area (TPSA) is 76.0 Å². The van der Waals surface area contributed by atoms with E-state index in [2.05, 4.69) is 15.5 Å². The van der Waals surface area contributed by atoms with Crippen molar-refractivity contribution in [2.24, 2.45) is 5.16 Å². The zero-order valence-corrected chi connectivity index (χ0v) is 17.1. The molecule has 2 unspecified atom stereocenters. The number of thiazole rings is 1. The first-order chi connectivity index (χ1) is 13.6. The molecule has 3 heterocycles. The molecule has 1 N–H and O–H groups in total. The third-order valence-corrected chi connectivity index (χ3v) is 5.61. The first kappa shape index (κ1) is 21.4. The maximum absolute atomic E-state index is 14.0. The molecule has 29 heavy (non-hydrogen) atoms. The highest BCUT2D eigenvalue weighted by Crippen LogP contribution is 2.33. The minimum absolute atomic E-state index is 0. The first-order valence-corrected chi connectivity index (χ1v) is 9.63. The Balaban J connectivity index is 0.00000240. The van der Waals surface area contributed by atoms with Gasteiger partial charge in [-0.2, -0.15) is 0 Å². The number of methoxy groups -OCH3 is 1. The maximum atomic E-state index is 14.0. The molecule has 1 aromatic carbocycles. The molecule has 2 aromatic rings. The molecule has 2 aliphatic heterocycles. The second kappa shape index (κ2) is 9.02. The summed E-state index contributed by atoms with van der Waals surface area (Å²) in [5.41, 5.74) is 1.02. The van der Waals surface area contributed by atoms with Crippen molar-refractivity contribution in [3.05, 3.63) is 46.5 Å². The van der Waals surface area contributed by atoms with Crippen molar-refractivity contribution in [3.8, 4) is 0 Å². The number of esters is 1. The van der Waals surface area contributed by atoms with Crippen LogP contribution in [-0.4, -0.2) is 49.5 Å². The van der Waals surface area contributed by atoms with Crippen molar-refractivity contribution in [2.45, 2.75) is 18.6 Å². The average Bonchev–Trinajstić information content (AvgIpc) is 3.37. The molecule has 1 saturated heterocycles. The molecule has 0 amide bonds. The third-order valence-electron chi connectivity index (χ3n) is 4.71. The van der Waals surface area contributed by atoms with E-state index in [9.17, 15) is 13.6 Å². The van der Waals surface area contributed by atoms with Crippen molar-refractivity contribution in [1.29, 1.82) is 0 Å². The largest absolute Gasteiger partial charge is 0.468 e. The number of anilines is 1. The second-order valence-electron chi connectivity index (χ2n) is 6.46. The predicted octanol–water partition coefficient (Wildman–Crippen LogP) is 2.66. The standard InChI is InChI=1S/C18H18F2N4O3S.ClH/c1-26-17(25)13-8-24(6-5-21-13)18-22-14(9-28-18)12-7-15(27-23-12)16-10(19)3-2-4-11(16)20;/h2-4,9,13,15,21H,5-8H2,1H3;1H. The highest BCUT2D eigenvalue weighted by Gasteiger charge is 2.31. The number of piperazine rings is 1. The molecular weight excluding hydrogens is 426 g/mol. The first-order valence-electron chi connectivity index (χ1n) is 8.75. The Labute approximate surface area is 176 Å². The maximum Gasteiger partial charge on any atom is 0.324 e. The minimum atomic E-state index is -0.816. The lowest BCUT2D eigenvalue weighted by molar-refractivity contribution is -0.143. The quantitative estimate of drug-likeness (QED) is 0.731. The van der Waals surface area contributed by atoms with Crippen LogP contribution < -0.4 is 10.2 Å². The van der Waals surface area contributed by atoms with E-state index in [0.717, 1.165) is 5.13 Å². The van der Waals surface area contributed by atoms with Crippen LogP contribution in [0.2, 0.25) is 0 Å². The number of nitrogens with one attached hydrogen (secondary N) is 1. The van der Waals surface area contributed by atoms with Crippen LogP contribution in [0.5, 0.6) is 0 Å². The summed E-state index contributed by atoms with van der Waals surface area (Å²) in [6.07, 6.45) is -0.586. The van der Waals surface area contributed by atoms with Crippen LogP contribution in [0.4, 0.5) is 13.9 Å². The molecule has 1 fully saturated rings. The van der Waals surface area contributed by atoms with E-state index in [-0.39, 0.29) is 30.4 Å². The number of hydrogen-bond donors (Lipinski definition) is 1. The van der Waals surface area contributed by atoms with E-state index in [1.54, 1.807) is 0 Å². The number of nitrogens with zero attached hydrogens (tertiary/aromatic N) is 3. The van der Waals surface area contributed by atoms with E-state index in [1.165, 1.54) is 36.6 Å². The summed E-state index contributed by atoms with van der Waals surface area (Å²) in [7, 11) is 1.36. The van der Waals surface area contributed by atoms with Crippen LogP contribution in [0.25, 0.3) is 0 Å². The normalized spacial score (nSPS) is 21.2. The summed E-state index contributed by atoms with van der Waals surface area (Å²) in [6.45, 7) is 1.78. The van der Waals surface area contributed by atoms with Gasteiger partial charge < -0.3 is 19.8 Å². The van der Waals surface area contributed by atoms with Crippen LogP contribution in [-0.2, 0) is 14.4 Å². The molecule has 7 nitrogen and oxygen atoms in total. The van der Waals surface area contributed by atoms with Gasteiger partial charge in [0, 0.05) is 31.4 Å². The smallest absolute Gasteiger partial charge is 0.324 e. The fraction of sp³-hybridized carbons (Fsp3) is 0.389. The van der Waals surface area contributed by atoms with Gasteiger partial charge in [0.1, 0.15) is 29.1 Å². The Hall–Kier alpha value is -2.30. The molecule has 1 aromatic heterocycles. The predicted molar refractivity (Wildman–Crippen MR) is 107 cm³/mol. The number of carbonyl (C=O) groups excluding carboxylic acids is 1. The van der Waals surface area contributed by atoms with Gasteiger partial charge in [0.2, 0.25) is 0 Å². The highest BCUT2D eigenvalue weighted by molar-refractivity contribution is 7.14. The fourth-order valence-corrected chi connectivity index (χ4v) is 4.14. The summed E-state index contributed by atoms with van der Waals surface area (Å²) in [5, 5.41) is 9.67. The van der Waals surface area contributed by atoms with Gasteiger partial charge in [-0.15, -0.1) is 23.7 Å². The Bertz CT molecular complexity index is 906. The van der Waals surface area contributed by atoms with Gasteiger partial charge in [-0.1, -0.05) is 11.2 Å². The molecule has 11 heteroatoms. The van der Waals surface area contributed by atoms with Gasteiger partial charge in [0.05, 0.1) is 12.7 Å². The SMILES string of the molecule is COC(=O)C1CN(c2nc(C3=NOC(c4c(F)cccc4F)C3)cs2)CCN1.Cl. The lowest BCUT2D eigenvalue weighted by Crippen LogP contribution is -2.54. The number of oxime groups is 1. The molecule has 0 aliphatic carbocycles. The van der Waals surface area contributed by atoms with Crippen molar-refractivity contribution < 1.29 is 23.1 Å². The van der Waals surface area contributed by atoms with Gasteiger partial charge in [-0.25, -0.2) is 13.8 Å². The van der Waals surface area contributed by atoms with E-state index in [0.29, 0.717) is 31.0 Å². The van der Waals surface area contributed by atoms with Gasteiger partial charge in [-0.3, -0.25) is 4.79 Å². The van der Waals surface area contributed by atoms with Gasteiger partial charge in [0.15, 0.2) is 11.2 Å². The van der Waals surface area contributed by atoms with E-state index in [4.69, 9.17) is 9.57 Å². The number of benzene rings is 1. The molecule has 0 radical (unpaired) electrons. The molecule has 0 saturated carbocycles. The number of carbonyl (C=O) groups is 1. The Kier molecular flexibility index (Phi) is 6.66. The van der Waals surface area contributed by atoms with Crippen molar-refractivity contribution >= 4 is 40.6 Å². The van der Waals surface area contributed by atoms with Crippen LogP contribution >= 0.6 is 23.7 Å². The third kappa shape index (κ3) is 4.34. The lowest BCUT2D eigenvalue weighted by atomic mass is 10.0. The van der Waals surface area contributed by atoms with Crippen LogP contribution in [0.15, 0.2) is 28.7 Å². The molecule has 156 valence electrons. The fourth-order valence-electron chi connectivity index (χ4n) is 3.27. The number of rotatable bonds is 4. The van der Waals surface area contributed by atoms with Crippen molar-refractivity contribution in [3.63, 3.8) is 0 Å². The average molecular weight is 445 g/mol. The Morgan fingerprint density at radius 1 is 1.38 bits per heavy atom. The summed E-state index contributed by atoms with van der Waals surface area (Å²) in [4.78, 5) is 23.6. The van der Waals surface area contributed by atoms with Gasteiger partial charge in [-0.05, 0) is 12.1 Å². The Morgan fingerprint density at radius 2 is 2.14 bits per heavy atom.